The van der Waals surface area contributed by atoms with Crippen molar-refractivity contribution < 1.29 is 0 Å². The van der Waals surface area contributed by atoms with Gasteiger partial charge in [0.2, 0.25) is 0 Å². The van der Waals surface area contributed by atoms with Crippen molar-refractivity contribution in [1.82, 2.24) is 0 Å². The number of benzene rings is 8. The summed E-state index contributed by atoms with van der Waals surface area (Å²) >= 11 is 0. The fourth-order valence-corrected chi connectivity index (χ4v) is 13.1. The van der Waals surface area contributed by atoms with E-state index in [1.165, 1.54) is 128 Å². The van der Waals surface area contributed by atoms with Gasteiger partial charge in [-0.2, -0.15) is 0 Å². The van der Waals surface area contributed by atoms with Gasteiger partial charge in [0, 0.05) is 33.0 Å². The third-order valence-corrected chi connectivity index (χ3v) is 16.5. The summed E-state index contributed by atoms with van der Waals surface area (Å²) in [6, 6.07) is 54.6. The molecule has 0 saturated heterocycles. The van der Waals surface area contributed by atoms with Crippen LogP contribution < -0.4 is 4.90 Å². The quantitative estimate of drug-likeness (QED) is 0.160. The van der Waals surface area contributed by atoms with Crippen LogP contribution in [0.2, 0.25) is 0 Å². The first-order valence-corrected chi connectivity index (χ1v) is 22.4. The molecule has 0 bridgehead atoms. The summed E-state index contributed by atoms with van der Waals surface area (Å²) in [5.74, 6) is 0.214. The van der Waals surface area contributed by atoms with E-state index >= 15 is 0 Å². The second-order valence-corrected chi connectivity index (χ2v) is 20.9. The number of hydrogen-bond donors (Lipinski definition) is 0. The van der Waals surface area contributed by atoms with E-state index in [1.807, 2.05) is 0 Å². The van der Waals surface area contributed by atoms with Crippen LogP contribution in [0.5, 0.6) is 0 Å². The molecule has 0 atom stereocenters. The van der Waals surface area contributed by atoms with E-state index < -0.39 is 0 Å². The molecule has 0 N–H and O–H groups in total. The Morgan fingerprint density at radius 3 is 1.21 bits per heavy atom. The van der Waals surface area contributed by atoms with Gasteiger partial charge in [-0.25, -0.2) is 0 Å². The van der Waals surface area contributed by atoms with E-state index in [1.54, 1.807) is 0 Å². The Hall–Kier alpha value is -6.18. The average Bonchev–Trinajstić information content (AvgIpc) is 3.82. The third kappa shape index (κ3) is 4.19. The Kier molecular flexibility index (Phi) is 6.53. The topological polar surface area (TPSA) is 3.24 Å². The SMILES string of the molecule is CC1c2cc3c(cc2N(c2cc4c(c5ccccc25)-c2cc5c(cc2C4(C)C)-c2ccccc2C5(C)C)c2cc4c(cc21)C(C)(C)c1ccccc1-4)-c1ccccc1C3(C)C. The maximum absolute atomic E-state index is 2.69. The molecular formula is C60H51N. The predicted octanol–water partition coefficient (Wildman–Crippen LogP) is 16.0. The molecule has 296 valence electrons. The van der Waals surface area contributed by atoms with E-state index in [-0.39, 0.29) is 27.6 Å². The van der Waals surface area contributed by atoms with Gasteiger partial charge in [-0.1, -0.05) is 172 Å². The zero-order valence-corrected chi connectivity index (χ0v) is 36.8. The summed E-state index contributed by atoms with van der Waals surface area (Å²) in [5.41, 5.74) is 28.7. The van der Waals surface area contributed by atoms with Crippen LogP contribution in [0.25, 0.3) is 55.3 Å². The van der Waals surface area contributed by atoms with Gasteiger partial charge in [0.25, 0.3) is 0 Å². The van der Waals surface area contributed by atoms with E-state index in [2.05, 4.69) is 207 Å². The van der Waals surface area contributed by atoms with Crippen molar-refractivity contribution in [2.75, 3.05) is 4.90 Å². The van der Waals surface area contributed by atoms with Crippen molar-refractivity contribution in [3.63, 3.8) is 0 Å². The maximum atomic E-state index is 2.69. The lowest BCUT2D eigenvalue weighted by molar-refractivity contribution is 0.652. The molecule has 8 aromatic rings. The maximum Gasteiger partial charge on any atom is 0.0543 e. The minimum atomic E-state index is -0.212. The van der Waals surface area contributed by atoms with Crippen LogP contribution in [0.1, 0.15) is 124 Å². The smallest absolute Gasteiger partial charge is 0.0543 e. The molecule has 0 unspecified atom stereocenters. The van der Waals surface area contributed by atoms with Crippen LogP contribution in [0, 0.1) is 0 Å². The Balaban J connectivity index is 1.11. The van der Waals surface area contributed by atoms with Crippen molar-refractivity contribution in [3.8, 4) is 44.5 Å². The standard InChI is InChI=1S/C60H51N/c1-33-39-26-48-42(35-19-13-16-24-46(35)57(48,2)3)30-53(39)61(54-31-43-36-20-14-17-25-47(36)58(4,5)49(43)27-40(33)54)55-32-52-56(38-22-11-10-21-37(38)55)44-29-50-41(28-51(44)60(52,8)9)34-18-12-15-23-45(34)59(50,6)7/h10-33H,1-9H3. The van der Waals surface area contributed by atoms with Gasteiger partial charge in [0.1, 0.15) is 0 Å². The van der Waals surface area contributed by atoms with Crippen LogP contribution in [0.15, 0.2) is 140 Å². The molecule has 61 heavy (non-hydrogen) atoms. The molecule has 13 rings (SSSR count). The highest BCUT2D eigenvalue weighted by atomic mass is 15.2. The van der Waals surface area contributed by atoms with Crippen molar-refractivity contribution in [2.24, 2.45) is 0 Å². The molecule has 0 radical (unpaired) electrons. The summed E-state index contributed by atoms with van der Waals surface area (Å²) in [6.07, 6.45) is 0. The lowest BCUT2D eigenvalue weighted by atomic mass is 9.76. The molecule has 1 aliphatic heterocycles. The Bertz CT molecular complexity index is 3210. The average molecular weight is 786 g/mol. The largest absolute Gasteiger partial charge is 0.309 e. The zero-order chi connectivity index (χ0) is 41.7. The van der Waals surface area contributed by atoms with E-state index in [4.69, 9.17) is 0 Å². The molecule has 0 amide bonds. The summed E-state index contributed by atoms with van der Waals surface area (Å²) in [4.78, 5) is 2.69. The summed E-state index contributed by atoms with van der Waals surface area (Å²) in [5, 5.41) is 2.62. The van der Waals surface area contributed by atoms with Gasteiger partial charge in [0.15, 0.2) is 0 Å². The number of fused-ring (bicyclic) bond motifs is 16. The molecule has 0 aromatic heterocycles. The van der Waals surface area contributed by atoms with E-state index in [9.17, 15) is 0 Å². The molecular weight excluding hydrogens is 735 g/mol. The molecule has 0 fully saturated rings. The van der Waals surface area contributed by atoms with Crippen molar-refractivity contribution in [3.05, 3.63) is 195 Å². The van der Waals surface area contributed by atoms with Crippen molar-refractivity contribution in [1.29, 1.82) is 0 Å². The van der Waals surface area contributed by atoms with Crippen LogP contribution in [0.3, 0.4) is 0 Å². The number of hydrogen-bond acceptors (Lipinski definition) is 1. The summed E-state index contributed by atoms with van der Waals surface area (Å²) < 4.78 is 0. The highest BCUT2D eigenvalue weighted by Gasteiger charge is 2.45. The monoisotopic (exact) mass is 785 g/mol. The minimum Gasteiger partial charge on any atom is -0.309 e. The van der Waals surface area contributed by atoms with Gasteiger partial charge in [-0.05, 0) is 136 Å². The molecule has 5 aliphatic rings. The summed E-state index contributed by atoms with van der Waals surface area (Å²) in [6.45, 7) is 21.9. The van der Waals surface area contributed by atoms with Crippen LogP contribution in [-0.4, -0.2) is 0 Å². The van der Waals surface area contributed by atoms with Gasteiger partial charge in [-0.15, -0.1) is 0 Å². The van der Waals surface area contributed by atoms with Gasteiger partial charge in [-0.3, -0.25) is 0 Å². The molecule has 1 nitrogen and oxygen atoms in total. The van der Waals surface area contributed by atoms with Gasteiger partial charge < -0.3 is 4.90 Å². The molecule has 0 spiro atoms. The Morgan fingerprint density at radius 2 is 0.705 bits per heavy atom. The molecule has 1 heteroatoms. The third-order valence-electron chi connectivity index (χ3n) is 16.5. The number of rotatable bonds is 1. The van der Waals surface area contributed by atoms with E-state index in [0.29, 0.717) is 0 Å². The summed E-state index contributed by atoms with van der Waals surface area (Å²) in [7, 11) is 0. The zero-order valence-electron chi connectivity index (χ0n) is 36.8. The first-order valence-electron chi connectivity index (χ1n) is 22.4. The van der Waals surface area contributed by atoms with Crippen molar-refractivity contribution >= 4 is 27.8 Å². The lowest BCUT2D eigenvalue weighted by Gasteiger charge is -2.40. The molecule has 0 saturated carbocycles. The van der Waals surface area contributed by atoms with E-state index in [0.717, 1.165) is 0 Å². The normalized spacial score (nSPS) is 18.0. The minimum absolute atomic E-state index is 0.0671. The number of anilines is 3. The second kappa shape index (κ2) is 11.2. The van der Waals surface area contributed by atoms with Crippen LogP contribution >= 0.6 is 0 Å². The van der Waals surface area contributed by atoms with Crippen LogP contribution in [-0.2, 0) is 21.7 Å². The fraction of sp³-hybridized carbons (Fsp3) is 0.233. The van der Waals surface area contributed by atoms with Gasteiger partial charge >= 0.3 is 0 Å². The lowest BCUT2D eigenvalue weighted by Crippen LogP contribution is -2.24. The molecule has 8 aromatic carbocycles. The van der Waals surface area contributed by atoms with Crippen LogP contribution in [0.4, 0.5) is 17.1 Å². The first kappa shape index (κ1) is 35.6. The highest BCUT2D eigenvalue weighted by Crippen LogP contribution is 2.62. The second-order valence-electron chi connectivity index (χ2n) is 20.9. The van der Waals surface area contributed by atoms with Crippen molar-refractivity contribution in [2.45, 2.75) is 89.9 Å². The Labute approximate surface area is 360 Å². The first-order chi connectivity index (χ1) is 29.2. The molecule has 4 aliphatic carbocycles. The number of nitrogens with zero attached hydrogens (tertiary/aromatic N) is 1. The Morgan fingerprint density at radius 1 is 0.328 bits per heavy atom. The highest BCUT2D eigenvalue weighted by molar-refractivity contribution is 6.11. The molecule has 1 heterocycles. The fourth-order valence-electron chi connectivity index (χ4n) is 13.1. The van der Waals surface area contributed by atoms with Gasteiger partial charge in [0.05, 0.1) is 17.1 Å². The predicted molar refractivity (Wildman–Crippen MR) is 256 cm³/mol.